The smallest absolute Gasteiger partial charge is 0.339 e. The van der Waals surface area contributed by atoms with E-state index >= 15 is 0 Å². The molecule has 2 N–H and O–H groups in total. The van der Waals surface area contributed by atoms with E-state index in [9.17, 15) is 9.90 Å². The molecule has 0 aromatic heterocycles. The van der Waals surface area contributed by atoms with Gasteiger partial charge >= 0.3 is 5.97 Å². The van der Waals surface area contributed by atoms with Gasteiger partial charge in [-0.05, 0) is 38.3 Å². The number of hydrogen-bond donors (Lipinski definition) is 2. The zero-order chi connectivity index (χ0) is 13.9. The van der Waals surface area contributed by atoms with Gasteiger partial charge < -0.3 is 14.9 Å². The highest BCUT2D eigenvalue weighted by Gasteiger charge is 2.22. The summed E-state index contributed by atoms with van der Waals surface area (Å²) < 4.78 is 5.58. The van der Waals surface area contributed by atoms with Crippen molar-refractivity contribution >= 4 is 5.97 Å². The molecular formula is C14H18O4. The van der Waals surface area contributed by atoms with Crippen molar-refractivity contribution in [3.05, 3.63) is 34.9 Å². The number of phenols is 1. The Morgan fingerprint density at radius 3 is 2.39 bits per heavy atom. The highest BCUT2D eigenvalue weighted by atomic mass is 16.5. The Labute approximate surface area is 107 Å². The molecule has 0 bridgehead atoms. The summed E-state index contributed by atoms with van der Waals surface area (Å²) in [6.07, 6.45) is 2.43. The standard InChI is InChI=1S/C14H18O4/c1-5-6-7-18-13-9(3)8(2)11(14(16)17)12(15)10(13)4/h5,15H,1,6-7H2,2-4H3,(H,16,17). The average Bonchev–Trinajstić information content (AvgIpc) is 2.31. The molecule has 1 aromatic rings. The molecule has 0 unspecified atom stereocenters. The van der Waals surface area contributed by atoms with E-state index in [0.717, 1.165) is 5.56 Å². The molecule has 0 aliphatic heterocycles. The highest BCUT2D eigenvalue weighted by Crippen LogP contribution is 2.37. The van der Waals surface area contributed by atoms with Crippen molar-refractivity contribution in [1.82, 2.24) is 0 Å². The Morgan fingerprint density at radius 2 is 1.89 bits per heavy atom. The predicted molar refractivity (Wildman–Crippen MR) is 69.6 cm³/mol. The normalized spacial score (nSPS) is 10.2. The molecule has 4 nitrogen and oxygen atoms in total. The molecule has 0 radical (unpaired) electrons. The summed E-state index contributed by atoms with van der Waals surface area (Å²) in [4.78, 5) is 11.1. The fraction of sp³-hybridized carbons (Fsp3) is 0.357. The maximum absolute atomic E-state index is 11.1. The number of carbonyl (C=O) groups is 1. The van der Waals surface area contributed by atoms with E-state index in [4.69, 9.17) is 9.84 Å². The molecule has 0 saturated heterocycles. The molecule has 98 valence electrons. The largest absolute Gasteiger partial charge is 0.507 e. The van der Waals surface area contributed by atoms with Gasteiger partial charge in [-0.25, -0.2) is 4.79 Å². The van der Waals surface area contributed by atoms with Gasteiger partial charge in [0.25, 0.3) is 0 Å². The zero-order valence-electron chi connectivity index (χ0n) is 10.9. The van der Waals surface area contributed by atoms with Crippen LogP contribution in [-0.4, -0.2) is 22.8 Å². The lowest BCUT2D eigenvalue weighted by atomic mass is 9.97. The fourth-order valence-corrected chi connectivity index (χ4v) is 1.83. The number of carboxylic acid groups (broad SMARTS) is 1. The lowest BCUT2D eigenvalue weighted by molar-refractivity contribution is 0.0692. The highest BCUT2D eigenvalue weighted by molar-refractivity contribution is 5.94. The second-order valence-corrected chi connectivity index (χ2v) is 4.16. The number of benzene rings is 1. The SMILES string of the molecule is C=CCCOc1c(C)c(C)c(C(=O)O)c(O)c1C. The number of hydrogen-bond acceptors (Lipinski definition) is 3. The van der Waals surface area contributed by atoms with Crippen LogP contribution >= 0.6 is 0 Å². The third-order valence-electron chi connectivity index (χ3n) is 2.99. The summed E-state index contributed by atoms with van der Waals surface area (Å²) in [6, 6.07) is 0. The maximum Gasteiger partial charge on any atom is 0.339 e. The number of aromatic carboxylic acids is 1. The topological polar surface area (TPSA) is 66.8 Å². The van der Waals surface area contributed by atoms with E-state index in [1.165, 1.54) is 0 Å². The van der Waals surface area contributed by atoms with Gasteiger partial charge in [-0.1, -0.05) is 6.08 Å². The van der Waals surface area contributed by atoms with Crippen LogP contribution in [0.4, 0.5) is 0 Å². The van der Waals surface area contributed by atoms with Gasteiger partial charge in [0, 0.05) is 5.56 Å². The Balaban J connectivity index is 3.30. The molecule has 0 spiro atoms. The molecule has 0 fully saturated rings. The first kappa shape index (κ1) is 14.1. The van der Waals surface area contributed by atoms with E-state index in [2.05, 4.69) is 6.58 Å². The minimum Gasteiger partial charge on any atom is -0.507 e. The minimum atomic E-state index is -1.13. The Morgan fingerprint density at radius 1 is 1.28 bits per heavy atom. The number of aromatic hydroxyl groups is 1. The molecule has 4 heteroatoms. The third kappa shape index (κ3) is 2.47. The Hall–Kier alpha value is -1.97. The average molecular weight is 250 g/mol. The van der Waals surface area contributed by atoms with Crippen LogP contribution in [0.2, 0.25) is 0 Å². The predicted octanol–water partition coefficient (Wildman–Crippen LogP) is 2.97. The summed E-state index contributed by atoms with van der Waals surface area (Å²) in [5.41, 5.74) is 1.67. The molecular weight excluding hydrogens is 232 g/mol. The molecule has 0 aliphatic rings. The van der Waals surface area contributed by atoms with Gasteiger partial charge in [-0.15, -0.1) is 6.58 Å². The first-order valence-corrected chi connectivity index (χ1v) is 5.71. The van der Waals surface area contributed by atoms with Crippen LogP contribution in [0.5, 0.6) is 11.5 Å². The zero-order valence-corrected chi connectivity index (χ0v) is 10.9. The van der Waals surface area contributed by atoms with Crippen LogP contribution in [0, 0.1) is 20.8 Å². The van der Waals surface area contributed by atoms with Gasteiger partial charge in [0.05, 0.1) is 6.61 Å². The molecule has 0 saturated carbocycles. The van der Waals surface area contributed by atoms with E-state index in [1.54, 1.807) is 26.8 Å². The molecule has 0 aliphatic carbocycles. The number of rotatable bonds is 5. The lowest BCUT2D eigenvalue weighted by Crippen LogP contribution is -2.07. The van der Waals surface area contributed by atoms with Crippen molar-refractivity contribution in [1.29, 1.82) is 0 Å². The molecule has 1 aromatic carbocycles. The Bertz CT molecular complexity index is 460. The monoisotopic (exact) mass is 250 g/mol. The van der Waals surface area contributed by atoms with Crippen molar-refractivity contribution in [2.45, 2.75) is 27.2 Å². The van der Waals surface area contributed by atoms with E-state index in [-0.39, 0.29) is 11.3 Å². The number of ether oxygens (including phenoxy) is 1. The molecule has 0 amide bonds. The summed E-state index contributed by atoms with van der Waals surface area (Å²) in [5, 5.41) is 19.0. The summed E-state index contributed by atoms with van der Waals surface area (Å²) in [5.74, 6) is -0.801. The molecule has 0 heterocycles. The van der Waals surface area contributed by atoms with Gasteiger partial charge in [0.2, 0.25) is 0 Å². The second kappa shape index (κ2) is 5.58. The lowest BCUT2D eigenvalue weighted by Gasteiger charge is -2.17. The fourth-order valence-electron chi connectivity index (χ4n) is 1.83. The van der Waals surface area contributed by atoms with Gasteiger partial charge in [-0.3, -0.25) is 0 Å². The summed E-state index contributed by atoms with van der Waals surface area (Å²) in [6.45, 7) is 9.16. The molecule has 0 atom stereocenters. The first-order valence-electron chi connectivity index (χ1n) is 5.71. The van der Waals surface area contributed by atoms with Crippen LogP contribution in [0.1, 0.15) is 33.5 Å². The second-order valence-electron chi connectivity index (χ2n) is 4.16. The van der Waals surface area contributed by atoms with Crippen LogP contribution in [0.15, 0.2) is 12.7 Å². The maximum atomic E-state index is 11.1. The van der Waals surface area contributed by atoms with E-state index in [1.807, 2.05) is 0 Å². The molecule has 1 rings (SSSR count). The van der Waals surface area contributed by atoms with Crippen molar-refractivity contribution in [3.63, 3.8) is 0 Å². The van der Waals surface area contributed by atoms with E-state index in [0.29, 0.717) is 29.9 Å². The third-order valence-corrected chi connectivity index (χ3v) is 2.99. The quantitative estimate of drug-likeness (QED) is 0.622. The molecule has 18 heavy (non-hydrogen) atoms. The minimum absolute atomic E-state index is 0.0546. The van der Waals surface area contributed by atoms with Crippen LogP contribution in [0.25, 0.3) is 0 Å². The van der Waals surface area contributed by atoms with Gasteiger partial charge in [-0.2, -0.15) is 0 Å². The van der Waals surface area contributed by atoms with Crippen LogP contribution in [0.3, 0.4) is 0 Å². The summed E-state index contributed by atoms with van der Waals surface area (Å²) in [7, 11) is 0. The van der Waals surface area contributed by atoms with E-state index < -0.39 is 5.97 Å². The number of carboxylic acids is 1. The van der Waals surface area contributed by atoms with Gasteiger partial charge in [0.15, 0.2) is 0 Å². The van der Waals surface area contributed by atoms with Crippen LogP contribution in [-0.2, 0) is 0 Å². The van der Waals surface area contributed by atoms with Crippen molar-refractivity contribution in [3.8, 4) is 11.5 Å². The Kier molecular flexibility index (Phi) is 4.37. The summed E-state index contributed by atoms with van der Waals surface area (Å²) >= 11 is 0. The van der Waals surface area contributed by atoms with Crippen LogP contribution < -0.4 is 4.74 Å². The van der Waals surface area contributed by atoms with Crippen molar-refractivity contribution in [2.24, 2.45) is 0 Å². The van der Waals surface area contributed by atoms with Gasteiger partial charge in [0.1, 0.15) is 17.1 Å². The van der Waals surface area contributed by atoms with Crippen molar-refractivity contribution in [2.75, 3.05) is 6.61 Å². The first-order chi connectivity index (χ1) is 8.41. The van der Waals surface area contributed by atoms with Crippen molar-refractivity contribution < 1.29 is 19.7 Å².